The first kappa shape index (κ1) is 12.8. The first-order valence-corrected chi connectivity index (χ1v) is 7.27. The van der Waals surface area contributed by atoms with Gasteiger partial charge in [0.1, 0.15) is 0 Å². The molecule has 1 aromatic heterocycles. The van der Waals surface area contributed by atoms with Crippen molar-refractivity contribution in [1.82, 2.24) is 0 Å². The van der Waals surface area contributed by atoms with Crippen molar-refractivity contribution in [2.24, 2.45) is 0 Å². The third-order valence-corrected chi connectivity index (χ3v) is 4.37. The molecule has 0 aliphatic carbocycles. The lowest BCUT2D eigenvalue weighted by Gasteiger charge is -2.09. The quantitative estimate of drug-likeness (QED) is 0.906. The number of rotatable bonds is 4. The van der Waals surface area contributed by atoms with E-state index in [0.717, 1.165) is 17.3 Å². The standard InChI is InChI=1S/C14H15BrOS/c1-10-2-4-11(5-3-10)6-13(16)8-14-7-12(15)9-17-14/h2-5,7,9,13,16H,6,8H2,1H3. The van der Waals surface area contributed by atoms with Crippen LogP contribution >= 0.6 is 27.3 Å². The Morgan fingerprint density at radius 2 is 1.94 bits per heavy atom. The Morgan fingerprint density at radius 3 is 2.53 bits per heavy atom. The van der Waals surface area contributed by atoms with Gasteiger partial charge in [0.05, 0.1) is 6.10 Å². The summed E-state index contributed by atoms with van der Waals surface area (Å²) in [5.74, 6) is 0. The Bertz CT molecular complexity index is 475. The van der Waals surface area contributed by atoms with Crippen LogP contribution < -0.4 is 0 Å². The number of aliphatic hydroxyl groups excluding tert-OH is 1. The van der Waals surface area contributed by atoms with E-state index in [1.165, 1.54) is 16.0 Å². The summed E-state index contributed by atoms with van der Waals surface area (Å²) in [7, 11) is 0. The van der Waals surface area contributed by atoms with Crippen molar-refractivity contribution in [2.45, 2.75) is 25.9 Å². The van der Waals surface area contributed by atoms with Crippen molar-refractivity contribution in [3.05, 3.63) is 56.2 Å². The van der Waals surface area contributed by atoms with E-state index in [-0.39, 0.29) is 6.10 Å². The van der Waals surface area contributed by atoms with Crippen LogP contribution in [-0.4, -0.2) is 11.2 Å². The third kappa shape index (κ3) is 3.95. The lowest BCUT2D eigenvalue weighted by molar-refractivity contribution is 0.176. The Morgan fingerprint density at radius 1 is 1.24 bits per heavy atom. The molecule has 2 aromatic rings. The maximum absolute atomic E-state index is 10.0. The predicted octanol–water partition coefficient (Wildman–Crippen LogP) is 3.97. The molecule has 1 atom stereocenters. The predicted molar refractivity (Wildman–Crippen MR) is 76.6 cm³/mol. The topological polar surface area (TPSA) is 20.2 Å². The highest BCUT2D eigenvalue weighted by Gasteiger charge is 2.08. The first-order valence-electron chi connectivity index (χ1n) is 5.60. The van der Waals surface area contributed by atoms with Gasteiger partial charge in [0.2, 0.25) is 0 Å². The second kappa shape index (κ2) is 5.80. The van der Waals surface area contributed by atoms with Crippen molar-refractivity contribution in [3.8, 4) is 0 Å². The van der Waals surface area contributed by atoms with Crippen LogP contribution in [0, 0.1) is 6.92 Å². The Labute approximate surface area is 114 Å². The molecule has 0 spiro atoms. The van der Waals surface area contributed by atoms with E-state index in [9.17, 15) is 5.11 Å². The summed E-state index contributed by atoms with van der Waals surface area (Å²) in [6.07, 6.45) is 1.14. The number of aliphatic hydroxyl groups is 1. The van der Waals surface area contributed by atoms with Crippen LogP contribution in [0.25, 0.3) is 0 Å². The summed E-state index contributed by atoms with van der Waals surface area (Å²) in [6, 6.07) is 10.4. The zero-order valence-electron chi connectivity index (χ0n) is 9.69. The van der Waals surface area contributed by atoms with Gasteiger partial charge >= 0.3 is 0 Å². The van der Waals surface area contributed by atoms with Gasteiger partial charge in [-0.2, -0.15) is 0 Å². The highest BCUT2D eigenvalue weighted by molar-refractivity contribution is 9.10. The van der Waals surface area contributed by atoms with Crippen LogP contribution in [0.2, 0.25) is 0 Å². The highest BCUT2D eigenvalue weighted by atomic mass is 79.9. The van der Waals surface area contributed by atoms with Crippen molar-refractivity contribution in [3.63, 3.8) is 0 Å². The summed E-state index contributed by atoms with van der Waals surface area (Å²) in [4.78, 5) is 1.22. The lowest BCUT2D eigenvalue weighted by atomic mass is 10.0. The summed E-state index contributed by atoms with van der Waals surface area (Å²) in [6.45, 7) is 2.07. The molecule has 0 bridgehead atoms. The molecule has 1 aromatic carbocycles. The van der Waals surface area contributed by atoms with Crippen molar-refractivity contribution in [2.75, 3.05) is 0 Å². The van der Waals surface area contributed by atoms with Gasteiger partial charge in [-0.1, -0.05) is 29.8 Å². The molecule has 1 unspecified atom stereocenters. The monoisotopic (exact) mass is 310 g/mol. The summed E-state index contributed by atoms with van der Waals surface area (Å²) in [5.41, 5.74) is 2.45. The average molecular weight is 311 g/mol. The molecule has 0 radical (unpaired) electrons. The smallest absolute Gasteiger partial charge is 0.0628 e. The van der Waals surface area contributed by atoms with Gasteiger partial charge in [-0.05, 0) is 40.9 Å². The van der Waals surface area contributed by atoms with E-state index in [0.29, 0.717) is 0 Å². The first-order chi connectivity index (χ1) is 8.13. The van der Waals surface area contributed by atoms with Crippen molar-refractivity contribution >= 4 is 27.3 Å². The van der Waals surface area contributed by atoms with E-state index in [4.69, 9.17) is 0 Å². The minimum absolute atomic E-state index is 0.303. The molecule has 0 aliphatic heterocycles. The summed E-state index contributed by atoms with van der Waals surface area (Å²) in [5, 5.41) is 12.1. The molecule has 0 saturated carbocycles. The molecule has 0 saturated heterocycles. The van der Waals surface area contributed by atoms with Crippen molar-refractivity contribution < 1.29 is 5.11 Å². The molecular formula is C14H15BrOS. The number of hydrogen-bond acceptors (Lipinski definition) is 2. The summed E-state index contributed by atoms with van der Waals surface area (Å²) >= 11 is 5.11. The minimum Gasteiger partial charge on any atom is -0.392 e. The van der Waals surface area contributed by atoms with Crippen molar-refractivity contribution in [1.29, 1.82) is 0 Å². The largest absolute Gasteiger partial charge is 0.392 e. The molecule has 3 heteroatoms. The lowest BCUT2D eigenvalue weighted by Crippen LogP contribution is -2.13. The van der Waals surface area contributed by atoms with E-state index >= 15 is 0 Å². The molecule has 0 aliphatic rings. The van der Waals surface area contributed by atoms with Gasteiger partial charge in [0, 0.05) is 21.2 Å². The normalized spacial score (nSPS) is 12.6. The van der Waals surface area contributed by atoms with E-state index < -0.39 is 0 Å². The molecule has 0 amide bonds. The third-order valence-electron chi connectivity index (χ3n) is 2.65. The molecule has 0 fully saturated rings. The van der Waals surface area contributed by atoms with E-state index in [2.05, 4.69) is 53.2 Å². The van der Waals surface area contributed by atoms with Gasteiger partial charge in [-0.15, -0.1) is 11.3 Å². The second-order valence-electron chi connectivity index (χ2n) is 4.28. The summed E-state index contributed by atoms with van der Waals surface area (Å²) < 4.78 is 1.10. The highest BCUT2D eigenvalue weighted by Crippen LogP contribution is 2.21. The zero-order valence-corrected chi connectivity index (χ0v) is 12.1. The number of thiophene rings is 1. The Hall–Kier alpha value is -0.640. The Balaban J connectivity index is 1.93. The number of benzene rings is 1. The molecule has 1 nitrogen and oxygen atoms in total. The number of hydrogen-bond donors (Lipinski definition) is 1. The van der Waals surface area contributed by atoms with E-state index in [1.54, 1.807) is 11.3 Å². The maximum Gasteiger partial charge on any atom is 0.0628 e. The van der Waals surface area contributed by atoms with Crippen LogP contribution in [0.5, 0.6) is 0 Å². The fourth-order valence-electron chi connectivity index (χ4n) is 1.76. The van der Waals surface area contributed by atoms with Gasteiger partial charge in [-0.25, -0.2) is 0 Å². The molecular weight excluding hydrogens is 296 g/mol. The van der Waals surface area contributed by atoms with Gasteiger partial charge in [0.15, 0.2) is 0 Å². The molecule has 90 valence electrons. The SMILES string of the molecule is Cc1ccc(CC(O)Cc2cc(Br)cs2)cc1. The van der Waals surface area contributed by atoms with Gasteiger partial charge in [-0.3, -0.25) is 0 Å². The van der Waals surface area contributed by atoms with Crippen LogP contribution in [0.3, 0.4) is 0 Å². The molecule has 17 heavy (non-hydrogen) atoms. The number of halogens is 1. The van der Waals surface area contributed by atoms with E-state index in [1.807, 2.05) is 5.38 Å². The van der Waals surface area contributed by atoms with Gasteiger partial charge < -0.3 is 5.11 Å². The van der Waals surface area contributed by atoms with Crippen LogP contribution in [0.4, 0.5) is 0 Å². The fourth-order valence-corrected chi connectivity index (χ4v) is 3.29. The molecule has 2 rings (SSSR count). The minimum atomic E-state index is -0.303. The van der Waals surface area contributed by atoms with Gasteiger partial charge in [0.25, 0.3) is 0 Å². The van der Waals surface area contributed by atoms with Crippen LogP contribution in [-0.2, 0) is 12.8 Å². The Kier molecular flexibility index (Phi) is 4.37. The second-order valence-corrected chi connectivity index (χ2v) is 6.19. The van der Waals surface area contributed by atoms with Crippen LogP contribution in [0.15, 0.2) is 40.2 Å². The molecule has 1 heterocycles. The molecule has 1 N–H and O–H groups in total. The maximum atomic E-state index is 10.0. The average Bonchev–Trinajstić information content (AvgIpc) is 2.67. The number of aryl methyl sites for hydroxylation is 1. The fraction of sp³-hybridized carbons (Fsp3) is 0.286. The van der Waals surface area contributed by atoms with Crippen LogP contribution in [0.1, 0.15) is 16.0 Å². The zero-order chi connectivity index (χ0) is 12.3.